The van der Waals surface area contributed by atoms with E-state index in [2.05, 4.69) is 12.1 Å². The third-order valence-electron chi connectivity index (χ3n) is 3.90. The van der Waals surface area contributed by atoms with E-state index in [-0.39, 0.29) is 0 Å². The molecule has 1 fully saturated rings. The molecule has 2 rings (SSSR count). The zero-order chi connectivity index (χ0) is 13.0. The standard InChI is InChI=1S/C15H23NO2/c16-11-14(17)10-13-4-1-3-12(9-13)5-8-15(18)6-2-7-15/h1,3-4,9,14,17-18H,2,5-8,10-11,16H2. The van der Waals surface area contributed by atoms with Gasteiger partial charge in [0.15, 0.2) is 0 Å². The van der Waals surface area contributed by atoms with Crippen molar-refractivity contribution < 1.29 is 10.2 Å². The van der Waals surface area contributed by atoms with Gasteiger partial charge in [-0.25, -0.2) is 0 Å². The summed E-state index contributed by atoms with van der Waals surface area (Å²) >= 11 is 0. The predicted molar refractivity (Wildman–Crippen MR) is 72.3 cm³/mol. The van der Waals surface area contributed by atoms with Gasteiger partial charge in [0.2, 0.25) is 0 Å². The first kappa shape index (κ1) is 13.5. The summed E-state index contributed by atoms with van der Waals surface area (Å²) in [6.45, 7) is 0.296. The Morgan fingerprint density at radius 1 is 1.28 bits per heavy atom. The fourth-order valence-corrected chi connectivity index (χ4v) is 2.48. The maximum atomic E-state index is 10.1. The molecule has 1 saturated carbocycles. The van der Waals surface area contributed by atoms with Crippen LogP contribution in [0.1, 0.15) is 36.8 Å². The molecule has 0 saturated heterocycles. The van der Waals surface area contributed by atoms with E-state index in [0.29, 0.717) is 13.0 Å². The average Bonchev–Trinajstić information content (AvgIpc) is 2.34. The molecule has 18 heavy (non-hydrogen) atoms. The largest absolute Gasteiger partial charge is 0.391 e. The molecule has 3 heteroatoms. The van der Waals surface area contributed by atoms with Crippen LogP contribution in [0.5, 0.6) is 0 Å². The molecule has 0 spiro atoms. The van der Waals surface area contributed by atoms with Crippen LogP contribution in [0.2, 0.25) is 0 Å². The molecule has 3 nitrogen and oxygen atoms in total. The molecule has 0 bridgehead atoms. The Hall–Kier alpha value is -0.900. The van der Waals surface area contributed by atoms with Crippen molar-refractivity contribution in [3.63, 3.8) is 0 Å². The second-order valence-corrected chi connectivity index (χ2v) is 5.49. The van der Waals surface area contributed by atoms with Crippen LogP contribution in [-0.2, 0) is 12.8 Å². The van der Waals surface area contributed by atoms with Gasteiger partial charge in [0.1, 0.15) is 0 Å². The molecule has 1 unspecified atom stereocenters. The monoisotopic (exact) mass is 249 g/mol. The van der Waals surface area contributed by atoms with E-state index in [9.17, 15) is 10.2 Å². The lowest BCUT2D eigenvalue weighted by atomic mass is 9.76. The van der Waals surface area contributed by atoms with Crippen LogP contribution in [0, 0.1) is 0 Å². The van der Waals surface area contributed by atoms with E-state index in [1.165, 1.54) is 5.56 Å². The highest BCUT2D eigenvalue weighted by Crippen LogP contribution is 2.35. The van der Waals surface area contributed by atoms with Crippen LogP contribution in [0.4, 0.5) is 0 Å². The van der Waals surface area contributed by atoms with Crippen molar-refractivity contribution in [2.75, 3.05) is 6.54 Å². The Bertz CT molecular complexity index is 388. The van der Waals surface area contributed by atoms with Crippen LogP contribution >= 0.6 is 0 Å². The van der Waals surface area contributed by atoms with Crippen molar-refractivity contribution >= 4 is 0 Å². The van der Waals surface area contributed by atoms with Gasteiger partial charge in [-0.15, -0.1) is 0 Å². The van der Waals surface area contributed by atoms with Crippen LogP contribution < -0.4 is 5.73 Å². The Labute approximate surface area is 109 Å². The minimum atomic E-state index is -0.462. The molecule has 0 aromatic heterocycles. The maximum absolute atomic E-state index is 10.1. The van der Waals surface area contributed by atoms with Crippen molar-refractivity contribution in [2.24, 2.45) is 5.73 Å². The van der Waals surface area contributed by atoms with E-state index in [0.717, 1.165) is 37.7 Å². The van der Waals surface area contributed by atoms with Crippen LogP contribution in [0.25, 0.3) is 0 Å². The number of aliphatic hydroxyl groups is 2. The number of rotatable bonds is 6. The van der Waals surface area contributed by atoms with Crippen molar-refractivity contribution in [3.8, 4) is 0 Å². The molecule has 0 amide bonds. The molecule has 0 radical (unpaired) electrons. The topological polar surface area (TPSA) is 66.5 Å². The molecule has 0 heterocycles. The summed E-state index contributed by atoms with van der Waals surface area (Å²) in [4.78, 5) is 0. The van der Waals surface area contributed by atoms with Gasteiger partial charge < -0.3 is 15.9 Å². The van der Waals surface area contributed by atoms with Crippen molar-refractivity contribution in [2.45, 2.75) is 50.2 Å². The molecule has 1 aromatic carbocycles. The predicted octanol–water partition coefficient (Wildman–Crippen LogP) is 1.40. The van der Waals surface area contributed by atoms with Gasteiger partial charge >= 0.3 is 0 Å². The first-order valence-corrected chi connectivity index (χ1v) is 6.80. The first-order chi connectivity index (χ1) is 8.61. The lowest BCUT2D eigenvalue weighted by molar-refractivity contribution is -0.0397. The van der Waals surface area contributed by atoms with Crippen LogP contribution in [0.15, 0.2) is 24.3 Å². The third kappa shape index (κ3) is 3.55. The summed E-state index contributed by atoms with van der Waals surface area (Å²) in [6.07, 6.45) is 4.93. The summed E-state index contributed by atoms with van der Waals surface area (Å²) in [5.41, 5.74) is 7.36. The summed E-state index contributed by atoms with van der Waals surface area (Å²) in [7, 11) is 0. The molecule has 4 N–H and O–H groups in total. The number of benzene rings is 1. The van der Waals surface area contributed by atoms with Crippen LogP contribution in [-0.4, -0.2) is 28.5 Å². The number of aliphatic hydroxyl groups excluding tert-OH is 1. The normalized spacial score (nSPS) is 19.3. The van der Waals surface area contributed by atoms with Gasteiger partial charge in [0.25, 0.3) is 0 Å². The van der Waals surface area contributed by atoms with Crippen LogP contribution in [0.3, 0.4) is 0 Å². The number of hydrogen-bond donors (Lipinski definition) is 3. The van der Waals surface area contributed by atoms with E-state index < -0.39 is 11.7 Å². The van der Waals surface area contributed by atoms with Gasteiger partial charge in [-0.3, -0.25) is 0 Å². The highest BCUT2D eigenvalue weighted by molar-refractivity contribution is 5.24. The van der Waals surface area contributed by atoms with E-state index in [4.69, 9.17) is 5.73 Å². The number of hydrogen-bond acceptors (Lipinski definition) is 3. The molecule has 1 aliphatic rings. The summed E-state index contributed by atoms with van der Waals surface area (Å²) in [6, 6.07) is 8.22. The second kappa shape index (κ2) is 5.83. The van der Waals surface area contributed by atoms with Crippen molar-refractivity contribution in [1.29, 1.82) is 0 Å². The lowest BCUT2D eigenvalue weighted by Crippen LogP contribution is -2.37. The van der Waals surface area contributed by atoms with Gasteiger partial charge in [-0.2, -0.15) is 0 Å². The van der Waals surface area contributed by atoms with E-state index in [1.807, 2.05) is 12.1 Å². The Morgan fingerprint density at radius 3 is 2.61 bits per heavy atom. The smallest absolute Gasteiger partial charge is 0.0702 e. The minimum absolute atomic E-state index is 0.296. The first-order valence-electron chi connectivity index (χ1n) is 6.80. The third-order valence-corrected chi connectivity index (χ3v) is 3.90. The zero-order valence-corrected chi connectivity index (χ0v) is 10.8. The molecular weight excluding hydrogens is 226 g/mol. The fourth-order valence-electron chi connectivity index (χ4n) is 2.48. The van der Waals surface area contributed by atoms with Crippen molar-refractivity contribution in [1.82, 2.24) is 0 Å². The molecule has 1 aromatic rings. The quantitative estimate of drug-likeness (QED) is 0.714. The SMILES string of the molecule is NCC(O)Cc1cccc(CCC2(O)CCC2)c1. The van der Waals surface area contributed by atoms with Crippen molar-refractivity contribution in [3.05, 3.63) is 35.4 Å². The van der Waals surface area contributed by atoms with Gasteiger partial charge in [0.05, 0.1) is 11.7 Å². The van der Waals surface area contributed by atoms with E-state index >= 15 is 0 Å². The summed E-state index contributed by atoms with van der Waals surface area (Å²) < 4.78 is 0. The highest BCUT2D eigenvalue weighted by Gasteiger charge is 2.33. The highest BCUT2D eigenvalue weighted by atomic mass is 16.3. The summed E-state index contributed by atoms with van der Waals surface area (Å²) in [5.74, 6) is 0. The number of nitrogens with two attached hydrogens (primary N) is 1. The van der Waals surface area contributed by atoms with Gasteiger partial charge in [0, 0.05) is 6.54 Å². The Morgan fingerprint density at radius 2 is 2.00 bits per heavy atom. The van der Waals surface area contributed by atoms with E-state index in [1.54, 1.807) is 0 Å². The average molecular weight is 249 g/mol. The van der Waals surface area contributed by atoms with Gasteiger partial charge in [-0.1, -0.05) is 24.3 Å². The molecule has 100 valence electrons. The van der Waals surface area contributed by atoms with Gasteiger partial charge in [-0.05, 0) is 49.7 Å². The molecule has 1 aliphatic carbocycles. The number of aryl methyl sites for hydroxylation is 1. The minimum Gasteiger partial charge on any atom is -0.391 e. The lowest BCUT2D eigenvalue weighted by Gasteiger charge is -2.36. The fraction of sp³-hybridized carbons (Fsp3) is 0.600. The Kier molecular flexibility index (Phi) is 4.38. The maximum Gasteiger partial charge on any atom is 0.0702 e. The Balaban J connectivity index is 1.90. The molecular formula is C15H23NO2. The second-order valence-electron chi connectivity index (χ2n) is 5.49. The zero-order valence-electron chi connectivity index (χ0n) is 10.8. The molecule has 1 atom stereocenters. The molecule has 0 aliphatic heterocycles. The summed E-state index contributed by atoms with van der Waals surface area (Å²) in [5, 5.41) is 19.6.